The van der Waals surface area contributed by atoms with E-state index in [-0.39, 0.29) is 12.5 Å². The van der Waals surface area contributed by atoms with Crippen LogP contribution < -0.4 is 4.90 Å². The molecule has 0 spiro atoms. The topological polar surface area (TPSA) is 84.0 Å². The number of hydrogen-bond donors (Lipinski definition) is 0. The lowest BCUT2D eigenvalue weighted by atomic mass is 10.1. The van der Waals surface area contributed by atoms with Crippen molar-refractivity contribution in [1.82, 2.24) is 14.8 Å². The number of benzene rings is 1. The van der Waals surface area contributed by atoms with Gasteiger partial charge >= 0.3 is 5.97 Å². The Morgan fingerprint density at radius 2 is 2.07 bits per heavy atom. The van der Waals surface area contributed by atoms with E-state index in [1.54, 1.807) is 10.9 Å². The van der Waals surface area contributed by atoms with Crippen molar-refractivity contribution >= 4 is 22.6 Å². The minimum absolute atomic E-state index is 0.111. The highest BCUT2D eigenvalue weighted by molar-refractivity contribution is 5.95. The Kier molecular flexibility index (Phi) is 4.50. The number of aromatic nitrogens is 3. The van der Waals surface area contributed by atoms with E-state index in [0.29, 0.717) is 24.2 Å². The van der Waals surface area contributed by atoms with Gasteiger partial charge in [-0.3, -0.25) is 14.5 Å². The third kappa shape index (κ3) is 3.54. The van der Waals surface area contributed by atoms with Gasteiger partial charge in [0.05, 0.1) is 23.3 Å². The van der Waals surface area contributed by atoms with Crippen molar-refractivity contribution in [2.75, 3.05) is 4.90 Å². The molecule has 7 heteroatoms. The number of nitrogens with zero attached hydrogens (tertiary/aromatic N) is 5. The first kappa shape index (κ1) is 18.9. The summed E-state index contributed by atoms with van der Waals surface area (Å²) in [6.07, 6.45) is 1.71. The van der Waals surface area contributed by atoms with E-state index in [0.717, 1.165) is 28.0 Å². The van der Waals surface area contributed by atoms with Gasteiger partial charge in [0.25, 0.3) is 0 Å². The third-order valence-corrected chi connectivity index (χ3v) is 5.01. The predicted octanol–water partition coefficient (Wildman–Crippen LogP) is 3.47. The summed E-state index contributed by atoms with van der Waals surface area (Å²) in [5.41, 5.74) is 4.88. The van der Waals surface area contributed by atoms with E-state index >= 15 is 0 Å². The van der Waals surface area contributed by atoms with Crippen LogP contribution in [0.25, 0.3) is 10.9 Å². The normalized spacial score (nSPS) is 13.4. The molecule has 4 rings (SSSR count). The minimum atomic E-state index is -0.512. The van der Waals surface area contributed by atoms with Crippen LogP contribution in [0.3, 0.4) is 0 Å². The number of fused-ring (bicyclic) bond motifs is 2. The molecule has 0 saturated heterocycles. The lowest BCUT2D eigenvalue weighted by Crippen LogP contribution is -2.27. The summed E-state index contributed by atoms with van der Waals surface area (Å²) in [4.78, 5) is 18.8. The van der Waals surface area contributed by atoms with E-state index in [4.69, 9.17) is 4.74 Å². The maximum Gasteiger partial charge on any atom is 0.328 e. The van der Waals surface area contributed by atoms with Crippen molar-refractivity contribution in [2.45, 2.75) is 52.9 Å². The molecule has 0 N–H and O–H groups in total. The van der Waals surface area contributed by atoms with Crippen molar-refractivity contribution in [1.29, 1.82) is 5.26 Å². The molecular formula is C22H23N5O2. The SMILES string of the molecule is Cc1c2c(nn1CC(=O)OC(C)(C)C)CN(c1ccc(C#N)c3ncccc13)C2. The summed E-state index contributed by atoms with van der Waals surface area (Å²) in [5.74, 6) is -0.289. The Morgan fingerprint density at radius 3 is 2.76 bits per heavy atom. The quantitative estimate of drug-likeness (QED) is 0.638. The predicted molar refractivity (Wildman–Crippen MR) is 109 cm³/mol. The molecule has 29 heavy (non-hydrogen) atoms. The number of pyridine rings is 1. The summed E-state index contributed by atoms with van der Waals surface area (Å²) in [6, 6.07) is 9.87. The lowest BCUT2D eigenvalue weighted by Gasteiger charge is -2.21. The maximum atomic E-state index is 12.2. The standard InChI is InChI=1S/C22H23N5O2/c1-14-17-11-26(12-18(17)25-27(14)13-20(28)29-22(2,3)4)19-8-7-15(10-23)21-16(19)6-5-9-24-21/h5-9H,11-13H2,1-4H3. The van der Waals surface area contributed by atoms with Crippen molar-refractivity contribution in [3.05, 3.63) is 53.0 Å². The smallest absolute Gasteiger partial charge is 0.328 e. The molecule has 0 fully saturated rings. The summed E-state index contributed by atoms with van der Waals surface area (Å²) in [7, 11) is 0. The Bertz CT molecular complexity index is 1150. The van der Waals surface area contributed by atoms with Crippen LogP contribution in [0.2, 0.25) is 0 Å². The summed E-state index contributed by atoms with van der Waals surface area (Å²) < 4.78 is 7.15. The van der Waals surface area contributed by atoms with Gasteiger partial charge in [0.15, 0.2) is 0 Å². The van der Waals surface area contributed by atoms with E-state index < -0.39 is 5.60 Å². The number of anilines is 1. The van der Waals surface area contributed by atoms with Gasteiger partial charge < -0.3 is 9.64 Å². The Hall–Kier alpha value is -3.40. The average molecular weight is 389 g/mol. The van der Waals surface area contributed by atoms with Crippen molar-refractivity contribution in [3.8, 4) is 6.07 Å². The van der Waals surface area contributed by atoms with Crippen molar-refractivity contribution < 1.29 is 9.53 Å². The molecule has 1 aliphatic heterocycles. The first-order valence-corrected chi connectivity index (χ1v) is 9.56. The van der Waals surface area contributed by atoms with Crippen LogP contribution in [0.5, 0.6) is 0 Å². The second-order valence-electron chi connectivity index (χ2n) is 8.25. The Labute approximate surface area is 169 Å². The second kappa shape index (κ2) is 6.89. The van der Waals surface area contributed by atoms with E-state index in [9.17, 15) is 10.1 Å². The molecule has 1 aliphatic rings. The van der Waals surface area contributed by atoms with Gasteiger partial charge in [-0.1, -0.05) is 0 Å². The largest absolute Gasteiger partial charge is 0.459 e. The summed E-state index contributed by atoms with van der Waals surface area (Å²) in [5, 5.41) is 15.0. The number of esters is 1. The van der Waals surface area contributed by atoms with Crippen LogP contribution in [-0.2, 0) is 29.2 Å². The molecule has 0 radical (unpaired) electrons. The molecular weight excluding hydrogens is 366 g/mol. The molecule has 1 aromatic carbocycles. The van der Waals surface area contributed by atoms with Crippen LogP contribution in [-0.4, -0.2) is 26.3 Å². The van der Waals surface area contributed by atoms with Gasteiger partial charge in [-0.05, 0) is 52.0 Å². The van der Waals surface area contributed by atoms with Gasteiger partial charge in [-0.15, -0.1) is 0 Å². The lowest BCUT2D eigenvalue weighted by molar-refractivity contribution is -0.155. The molecule has 0 bridgehead atoms. The van der Waals surface area contributed by atoms with Gasteiger partial charge in [0.1, 0.15) is 18.2 Å². The monoisotopic (exact) mass is 389 g/mol. The zero-order valence-electron chi connectivity index (χ0n) is 17.1. The maximum absolute atomic E-state index is 12.2. The van der Waals surface area contributed by atoms with Gasteiger partial charge in [-0.2, -0.15) is 10.4 Å². The number of hydrogen-bond acceptors (Lipinski definition) is 6. The van der Waals surface area contributed by atoms with E-state index in [2.05, 4.69) is 21.1 Å². The number of nitriles is 1. The molecule has 0 atom stereocenters. The van der Waals surface area contributed by atoms with Gasteiger partial charge in [-0.25, -0.2) is 0 Å². The van der Waals surface area contributed by atoms with Crippen LogP contribution in [0.1, 0.15) is 43.3 Å². The molecule has 0 unspecified atom stereocenters. The van der Waals surface area contributed by atoms with Crippen LogP contribution in [0.4, 0.5) is 5.69 Å². The Morgan fingerprint density at radius 1 is 1.28 bits per heavy atom. The number of ether oxygens (including phenoxy) is 1. The molecule has 148 valence electrons. The van der Waals surface area contributed by atoms with Crippen LogP contribution in [0, 0.1) is 18.3 Å². The molecule has 2 aromatic heterocycles. The zero-order valence-corrected chi connectivity index (χ0v) is 17.1. The van der Waals surface area contributed by atoms with E-state index in [1.165, 1.54) is 0 Å². The van der Waals surface area contributed by atoms with Gasteiger partial charge in [0.2, 0.25) is 0 Å². The average Bonchev–Trinajstić information content (AvgIpc) is 3.19. The molecule has 0 amide bonds. The first-order chi connectivity index (χ1) is 13.8. The minimum Gasteiger partial charge on any atom is -0.459 e. The molecule has 3 aromatic rings. The zero-order chi connectivity index (χ0) is 20.8. The fraction of sp³-hybridized carbons (Fsp3) is 0.364. The number of carbonyl (C=O) groups is 1. The summed E-state index contributed by atoms with van der Waals surface area (Å²) in [6.45, 7) is 9.01. The van der Waals surface area contributed by atoms with Crippen molar-refractivity contribution in [2.24, 2.45) is 0 Å². The molecule has 0 saturated carbocycles. The molecule has 7 nitrogen and oxygen atoms in total. The van der Waals surface area contributed by atoms with E-state index in [1.807, 2.05) is 52.0 Å². The van der Waals surface area contributed by atoms with Crippen LogP contribution >= 0.6 is 0 Å². The highest BCUT2D eigenvalue weighted by Crippen LogP contribution is 2.34. The number of carbonyl (C=O) groups excluding carboxylic acids is 1. The Balaban J connectivity index is 1.59. The van der Waals surface area contributed by atoms with Crippen LogP contribution in [0.15, 0.2) is 30.5 Å². The highest BCUT2D eigenvalue weighted by Gasteiger charge is 2.28. The first-order valence-electron chi connectivity index (χ1n) is 9.56. The van der Waals surface area contributed by atoms with Crippen molar-refractivity contribution in [3.63, 3.8) is 0 Å². The fourth-order valence-corrected chi connectivity index (χ4v) is 3.75. The number of rotatable bonds is 3. The second-order valence-corrected chi connectivity index (χ2v) is 8.25. The third-order valence-electron chi connectivity index (χ3n) is 5.01. The fourth-order valence-electron chi connectivity index (χ4n) is 3.75. The molecule has 3 heterocycles. The highest BCUT2D eigenvalue weighted by atomic mass is 16.6. The molecule has 0 aliphatic carbocycles. The summed E-state index contributed by atoms with van der Waals surface area (Å²) >= 11 is 0. The van der Waals surface area contributed by atoms with Gasteiger partial charge in [0, 0.05) is 35.1 Å².